The van der Waals surface area contributed by atoms with Crippen LogP contribution in [0.3, 0.4) is 0 Å². The van der Waals surface area contributed by atoms with Gasteiger partial charge in [0.05, 0.1) is 24.0 Å². The van der Waals surface area contributed by atoms with Crippen LogP contribution in [0, 0.1) is 0 Å². The van der Waals surface area contributed by atoms with E-state index < -0.39 is 42.0 Å². The summed E-state index contributed by atoms with van der Waals surface area (Å²) in [6, 6.07) is 4.14. The SMILES string of the molecule is Nc1nc2ncc(CN(C(=O)C(F)(F)F)c3ccc(C(=O)ON4C(=O)CCC4=O)cc3)nc2c(=O)[nH]1. The largest absolute Gasteiger partial charge is 0.471 e. The molecule has 0 bridgehead atoms. The third kappa shape index (κ3) is 4.82. The van der Waals surface area contributed by atoms with E-state index in [9.17, 15) is 37.1 Å². The fourth-order valence-electron chi connectivity index (χ4n) is 3.21. The molecule has 16 heteroatoms. The highest BCUT2D eigenvalue weighted by Gasteiger charge is 2.43. The van der Waals surface area contributed by atoms with Gasteiger partial charge >= 0.3 is 18.1 Å². The summed E-state index contributed by atoms with van der Waals surface area (Å²) in [6.45, 7) is -0.744. The molecular weight excluding hydrogens is 491 g/mol. The number of aromatic amines is 1. The van der Waals surface area contributed by atoms with E-state index in [1.165, 1.54) is 0 Å². The van der Waals surface area contributed by atoms with E-state index in [-0.39, 0.29) is 46.9 Å². The first-order valence-electron chi connectivity index (χ1n) is 10.0. The van der Waals surface area contributed by atoms with Crippen LogP contribution in [0.4, 0.5) is 24.8 Å². The lowest BCUT2D eigenvalue weighted by Crippen LogP contribution is -2.41. The smallest absolute Gasteiger partial charge is 0.369 e. The predicted octanol–water partition coefficient (Wildman–Crippen LogP) is 0.612. The lowest BCUT2D eigenvalue weighted by Gasteiger charge is -2.23. The molecule has 3 aromatic rings. The Hall–Kier alpha value is -4.89. The summed E-state index contributed by atoms with van der Waals surface area (Å²) in [5, 5.41) is 0.318. The molecule has 3 heterocycles. The highest BCUT2D eigenvalue weighted by Crippen LogP contribution is 2.26. The number of nitrogen functional groups attached to an aromatic ring is 1. The van der Waals surface area contributed by atoms with Gasteiger partial charge in [0.25, 0.3) is 17.4 Å². The maximum Gasteiger partial charge on any atom is 0.471 e. The molecule has 4 rings (SSSR count). The molecule has 3 N–H and O–H groups in total. The Labute approximate surface area is 197 Å². The highest BCUT2D eigenvalue weighted by molar-refractivity contribution is 6.03. The van der Waals surface area contributed by atoms with E-state index in [1.54, 1.807) is 0 Å². The van der Waals surface area contributed by atoms with Crippen LogP contribution in [0.15, 0.2) is 35.3 Å². The summed E-state index contributed by atoms with van der Waals surface area (Å²) in [6.07, 6.45) is -4.48. The molecule has 3 amide bonds. The normalized spacial score (nSPS) is 13.8. The number of hydroxylamine groups is 2. The summed E-state index contributed by atoms with van der Waals surface area (Å²) < 4.78 is 39.9. The topological polar surface area (TPSA) is 182 Å². The van der Waals surface area contributed by atoms with Crippen molar-refractivity contribution in [2.24, 2.45) is 0 Å². The number of alkyl halides is 3. The van der Waals surface area contributed by atoms with Gasteiger partial charge in [-0.05, 0) is 24.3 Å². The number of nitrogens with one attached hydrogen (secondary N) is 1. The minimum absolute atomic E-state index is 0.119. The first-order chi connectivity index (χ1) is 16.9. The van der Waals surface area contributed by atoms with Crippen molar-refractivity contribution in [2.75, 3.05) is 10.6 Å². The number of nitrogens with zero attached hydrogens (tertiary/aromatic N) is 5. The molecule has 13 nitrogen and oxygen atoms in total. The van der Waals surface area contributed by atoms with Gasteiger partial charge in [0.2, 0.25) is 5.95 Å². The fourth-order valence-corrected chi connectivity index (χ4v) is 3.21. The molecule has 1 aliphatic heterocycles. The highest BCUT2D eigenvalue weighted by atomic mass is 19.4. The van der Waals surface area contributed by atoms with Crippen molar-refractivity contribution >= 4 is 46.5 Å². The number of hydrogen-bond acceptors (Lipinski definition) is 10. The molecule has 1 aromatic carbocycles. The number of rotatable bonds is 5. The minimum atomic E-state index is -5.27. The van der Waals surface area contributed by atoms with Gasteiger partial charge in [0.15, 0.2) is 11.2 Å². The van der Waals surface area contributed by atoms with Crippen LogP contribution < -0.4 is 16.2 Å². The van der Waals surface area contributed by atoms with Crippen LogP contribution >= 0.6 is 0 Å². The van der Waals surface area contributed by atoms with Crippen molar-refractivity contribution in [3.8, 4) is 0 Å². The van der Waals surface area contributed by atoms with E-state index in [2.05, 4.69) is 19.9 Å². The van der Waals surface area contributed by atoms with Crippen LogP contribution in [0.1, 0.15) is 28.9 Å². The lowest BCUT2D eigenvalue weighted by molar-refractivity contribution is -0.172. The number of halogens is 3. The molecule has 0 unspecified atom stereocenters. The zero-order valence-corrected chi connectivity index (χ0v) is 17.9. The van der Waals surface area contributed by atoms with Crippen LogP contribution in [-0.2, 0) is 25.8 Å². The molecule has 36 heavy (non-hydrogen) atoms. The second-order valence-corrected chi connectivity index (χ2v) is 7.38. The molecule has 1 aliphatic rings. The number of anilines is 2. The number of H-pyrrole nitrogens is 1. The van der Waals surface area contributed by atoms with Crippen LogP contribution in [0.5, 0.6) is 0 Å². The summed E-state index contributed by atoms with van der Waals surface area (Å²) in [5.74, 6) is -5.01. The van der Waals surface area contributed by atoms with Crippen molar-refractivity contribution in [3.05, 3.63) is 52.1 Å². The van der Waals surface area contributed by atoms with Gasteiger partial charge in [-0.15, -0.1) is 5.06 Å². The Morgan fingerprint density at radius 3 is 2.33 bits per heavy atom. The molecule has 0 spiro atoms. The van der Waals surface area contributed by atoms with E-state index >= 15 is 0 Å². The minimum Gasteiger partial charge on any atom is -0.369 e. The quantitative estimate of drug-likeness (QED) is 0.466. The first kappa shape index (κ1) is 24.2. The molecule has 186 valence electrons. The van der Waals surface area contributed by atoms with Crippen molar-refractivity contribution in [3.63, 3.8) is 0 Å². The number of amides is 3. The zero-order valence-electron chi connectivity index (χ0n) is 17.9. The Morgan fingerprint density at radius 1 is 1.08 bits per heavy atom. The molecule has 2 aromatic heterocycles. The molecule has 0 aliphatic carbocycles. The number of imide groups is 1. The number of nitrogens with two attached hydrogens (primary N) is 1. The molecule has 0 saturated carbocycles. The Balaban J connectivity index is 1.61. The van der Waals surface area contributed by atoms with Gasteiger partial charge in [-0.25, -0.2) is 14.8 Å². The van der Waals surface area contributed by atoms with Gasteiger partial charge in [0.1, 0.15) is 0 Å². The van der Waals surface area contributed by atoms with Crippen molar-refractivity contribution in [1.29, 1.82) is 0 Å². The maximum atomic E-state index is 13.3. The van der Waals surface area contributed by atoms with Gasteiger partial charge in [-0.1, -0.05) is 0 Å². The van der Waals surface area contributed by atoms with Gasteiger partial charge in [-0.3, -0.25) is 29.1 Å². The van der Waals surface area contributed by atoms with E-state index in [1.807, 2.05) is 0 Å². The first-order valence-corrected chi connectivity index (χ1v) is 10.0. The third-order valence-corrected chi connectivity index (χ3v) is 4.89. The zero-order chi connectivity index (χ0) is 26.2. The van der Waals surface area contributed by atoms with Crippen molar-refractivity contribution in [1.82, 2.24) is 25.0 Å². The second-order valence-electron chi connectivity index (χ2n) is 7.38. The molecule has 0 radical (unpaired) electrons. The molecule has 1 fully saturated rings. The molecular formula is C20H14F3N7O6. The number of benzene rings is 1. The summed E-state index contributed by atoms with van der Waals surface area (Å²) >= 11 is 0. The van der Waals surface area contributed by atoms with Crippen molar-refractivity contribution in [2.45, 2.75) is 25.6 Å². The van der Waals surface area contributed by atoms with Gasteiger partial charge in [0, 0.05) is 18.5 Å². The number of carbonyl (C=O) groups is 4. The Morgan fingerprint density at radius 2 is 1.72 bits per heavy atom. The molecule has 0 atom stereocenters. The van der Waals surface area contributed by atoms with Crippen LogP contribution in [0.25, 0.3) is 11.2 Å². The predicted molar refractivity (Wildman–Crippen MR) is 113 cm³/mol. The van der Waals surface area contributed by atoms with E-state index in [0.29, 0.717) is 9.96 Å². The number of fused-ring (bicyclic) bond motifs is 1. The fraction of sp³-hybridized carbons (Fsp3) is 0.200. The van der Waals surface area contributed by atoms with Crippen LogP contribution in [-0.4, -0.2) is 54.9 Å². The van der Waals surface area contributed by atoms with Gasteiger partial charge < -0.3 is 10.6 Å². The van der Waals surface area contributed by atoms with Crippen LogP contribution in [0.2, 0.25) is 0 Å². The number of aromatic nitrogens is 4. The second kappa shape index (κ2) is 9.05. The summed E-state index contributed by atoms with van der Waals surface area (Å²) in [7, 11) is 0. The number of carbonyl (C=O) groups excluding carboxylic acids is 4. The standard InChI is InChI=1S/C20H14F3N7O6/c21-20(22,23)18(35)29(8-10-7-25-15-14(26-10)16(33)28-19(24)27-15)11-3-1-9(2-4-11)17(34)36-30-12(31)5-6-13(30)32/h1-4,7H,5-6,8H2,(H3,24,25,27,28,33). The lowest BCUT2D eigenvalue weighted by atomic mass is 10.2. The Bertz CT molecular complexity index is 1440. The summed E-state index contributed by atoms with van der Waals surface area (Å²) in [5.41, 5.74) is 3.53. The van der Waals surface area contributed by atoms with Crippen molar-refractivity contribution < 1.29 is 37.2 Å². The maximum absolute atomic E-state index is 13.3. The average molecular weight is 505 g/mol. The van der Waals surface area contributed by atoms with Gasteiger partial charge in [-0.2, -0.15) is 18.2 Å². The number of hydrogen-bond donors (Lipinski definition) is 2. The Kier molecular flexibility index (Phi) is 6.09. The molecule has 1 saturated heterocycles. The van der Waals surface area contributed by atoms with E-state index in [0.717, 1.165) is 30.5 Å². The monoisotopic (exact) mass is 505 g/mol. The summed E-state index contributed by atoms with van der Waals surface area (Å²) in [4.78, 5) is 78.4. The van der Waals surface area contributed by atoms with E-state index in [4.69, 9.17) is 10.6 Å². The average Bonchev–Trinajstić information content (AvgIpc) is 3.14. The third-order valence-electron chi connectivity index (χ3n) is 4.89.